The Balaban J connectivity index is 2.34. The quantitative estimate of drug-likeness (QED) is 0.807. The highest BCUT2D eigenvalue weighted by molar-refractivity contribution is 5.06. The second-order valence-electron chi connectivity index (χ2n) is 4.72. The number of hydrogen-bond acceptors (Lipinski definition) is 3. The highest BCUT2D eigenvalue weighted by atomic mass is 16.1. The third kappa shape index (κ3) is 1.91. The lowest BCUT2D eigenvalue weighted by atomic mass is 9.82. The molecule has 3 N–H and O–H groups in total. The third-order valence-electron chi connectivity index (χ3n) is 3.40. The molecule has 0 bridgehead atoms. The fourth-order valence-corrected chi connectivity index (χ4v) is 2.54. The molecule has 0 amide bonds. The molecule has 0 aliphatic heterocycles. The van der Waals surface area contributed by atoms with Crippen LogP contribution in [0.5, 0.6) is 0 Å². The van der Waals surface area contributed by atoms with Gasteiger partial charge in [0, 0.05) is 6.54 Å². The van der Waals surface area contributed by atoms with Gasteiger partial charge >= 0.3 is 5.69 Å². The predicted molar refractivity (Wildman–Crippen MR) is 62.1 cm³/mol. The minimum absolute atomic E-state index is 0.132. The van der Waals surface area contributed by atoms with Gasteiger partial charge in [0.1, 0.15) is 0 Å². The van der Waals surface area contributed by atoms with Crippen LogP contribution in [0.15, 0.2) is 4.79 Å². The zero-order valence-electron chi connectivity index (χ0n) is 9.83. The maximum absolute atomic E-state index is 11.6. The number of H-pyrrole nitrogens is 1. The van der Waals surface area contributed by atoms with Crippen LogP contribution in [0.25, 0.3) is 0 Å². The Labute approximate surface area is 95.0 Å². The maximum atomic E-state index is 11.6. The van der Waals surface area contributed by atoms with Gasteiger partial charge in [0.25, 0.3) is 0 Å². The lowest BCUT2D eigenvalue weighted by Crippen LogP contribution is -2.42. The Hall–Kier alpha value is -1.10. The van der Waals surface area contributed by atoms with Crippen LogP contribution < -0.4 is 11.4 Å². The number of aromatic nitrogens is 3. The van der Waals surface area contributed by atoms with Gasteiger partial charge in [-0.3, -0.25) is 4.57 Å². The van der Waals surface area contributed by atoms with E-state index in [1.807, 2.05) is 6.92 Å². The van der Waals surface area contributed by atoms with Gasteiger partial charge in [-0.25, -0.2) is 9.89 Å². The summed E-state index contributed by atoms with van der Waals surface area (Å²) in [5.41, 5.74) is 5.85. The van der Waals surface area contributed by atoms with Gasteiger partial charge < -0.3 is 5.73 Å². The van der Waals surface area contributed by atoms with Crippen molar-refractivity contribution in [3.63, 3.8) is 0 Å². The van der Waals surface area contributed by atoms with Gasteiger partial charge in [0.15, 0.2) is 5.82 Å². The molecule has 1 aliphatic rings. The molecule has 1 saturated carbocycles. The molecule has 1 aromatic heterocycles. The number of nitrogens with one attached hydrogen (secondary N) is 1. The summed E-state index contributed by atoms with van der Waals surface area (Å²) >= 11 is 0. The van der Waals surface area contributed by atoms with Gasteiger partial charge in [-0.05, 0) is 19.3 Å². The van der Waals surface area contributed by atoms with Crippen LogP contribution in [0.3, 0.4) is 0 Å². The number of nitrogens with zero attached hydrogens (tertiary/aromatic N) is 2. The zero-order valence-corrected chi connectivity index (χ0v) is 9.83. The average molecular weight is 224 g/mol. The summed E-state index contributed by atoms with van der Waals surface area (Å²) < 4.78 is 1.70. The summed E-state index contributed by atoms with van der Waals surface area (Å²) in [6, 6.07) is 0. The summed E-state index contributed by atoms with van der Waals surface area (Å²) in [5.74, 6) is 0.749. The van der Waals surface area contributed by atoms with Gasteiger partial charge in [-0.2, -0.15) is 5.10 Å². The van der Waals surface area contributed by atoms with Crippen LogP contribution in [0.4, 0.5) is 0 Å². The largest absolute Gasteiger partial charge is 0.343 e. The summed E-state index contributed by atoms with van der Waals surface area (Å²) in [6.45, 7) is 2.75. The molecule has 5 heteroatoms. The van der Waals surface area contributed by atoms with Crippen molar-refractivity contribution < 1.29 is 0 Å². The molecule has 90 valence electrons. The zero-order chi connectivity index (χ0) is 11.6. The van der Waals surface area contributed by atoms with E-state index < -0.39 is 5.54 Å². The molecular formula is C11H20N4O. The molecule has 0 spiro atoms. The molecule has 0 aromatic carbocycles. The van der Waals surface area contributed by atoms with Crippen LogP contribution >= 0.6 is 0 Å². The van der Waals surface area contributed by atoms with Crippen molar-refractivity contribution in [3.8, 4) is 0 Å². The van der Waals surface area contributed by atoms with Gasteiger partial charge in [0.05, 0.1) is 5.54 Å². The standard InChI is InChI=1S/C11H20N4O/c1-2-8-15-9(13-14-10(15)16)11(12)6-4-3-5-7-11/h2-8,12H2,1H3,(H,14,16). The van der Waals surface area contributed by atoms with E-state index in [0.29, 0.717) is 6.54 Å². The Bertz CT molecular complexity index is 400. The van der Waals surface area contributed by atoms with E-state index >= 15 is 0 Å². The number of hydrogen-bond donors (Lipinski definition) is 2. The summed E-state index contributed by atoms with van der Waals surface area (Å²) in [5, 5.41) is 6.65. The summed E-state index contributed by atoms with van der Waals surface area (Å²) in [4.78, 5) is 11.6. The van der Waals surface area contributed by atoms with E-state index in [9.17, 15) is 4.79 Å². The van der Waals surface area contributed by atoms with E-state index in [0.717, 1.165) is 37.9 Å². The Morgan fingerprint density at radius 1 is 1.44 bits per heavy atom. The van der Waals surface area contributed by atoms with Gasteiger partial charge in [-0.1, -0.05) is 26.2 Å². The SMILES string of the molecule is CCCn1c(C2(N)CCCCC2)n[nH]c1=O. The van der Waals surface area contributed by atoms with Crippen molar-refractivity contribution >= 4 is 0 Å². The second kappa shape index (κ2) is 4.41. The molecule has 5 nitrogen and oxygen atoms in total. The van der Waals surface area contributed by atoms with Crippen LogP contribution in [0.1, 0.15) is 51.3 Å². The van der Waals surface area contributed by atoms with Crippen molar-refractivity contribution in [2.45, 2.75) is 57.5 Å². The topological polar surface area (TPSA) is 76.7 Å². The van der Waals surface area contributed by atoms with E-state index in [1.54, 1.807) is 4.57 Å². The molecule has 16 heavy (non-hydrogen) atoms. The molecule has 0 atom stereocenters. The van der Waals surface area contributed by atoms with Crippen LogP contribution in [0.2, 0.25) is 0 Å². The molecule has 1 heterocycles. The fraction of sp³-hybridized carbons (Fsp3) is 0.818. The predicted octanol–water partition coefficient (Wildman–Crippen LogP) is 1.10. The smallest absolute Gasteiger partial charge is 0.319 e. The normalized spacial score (nSPS) is 19.9. The molecule has 0 saturated heterocycles. The first-order valence-corrected chi connectivity index (χ1v) is 6.12. The Kier molecular flexibility index (Phi) is 3.14. The molecule has 1 fully saturated rings. The van der Waals surface area contributed by atoms with Crippen molar-refractivity contribution in [3.05, 3.63) is 16.3 Å². The van der Waals surface area contributed by atoms with E-state index in [4.69, 9.17) is 5.73 Å². The number of aromatic amines is 1. The van der Waals surface area contributed by atoms with Crippen LogP contribution in [-0.4, -0.2) is 14.8 Å². The molecule has 1 aliphatic carbocycles. The monoisotopic (exact) mass is 224 g/mol. The third-order valence-corrected chi connectivity index (χ3v) is 3.40. The van der Waals surface area contributed by atoms with Crippen molar-refractivity contribution in [2.24, 2.45) is 5.73 Å². The maximum Gasteiger partial charge on any atom is 0.343 e. The lowest BCUT2D eigenvalue weighted by molar-refractivity contribution is 0.276. The highest BCUT2D eigenvalue weighted by Gasteiger charge is 2.34. The first kappa shape index (κ1) is 11.4. The van der Waals surface area contributed by atoms with E-state index in [-0.39, 0.29) is 5.69 Å². The second-order valence-corrected chi connectivity index (χ2v) is 4.72. The highest BCUT2D eigenvalue weighted by Crippen LogP contribution is 2.33. The Morgan fingerprint density at radius 2 is 2.12 bits per heavy atom. The molecule has 0 radical (unpaired) electrons. The Morgan fingerprint density at radius 3 is 2.75 bits per heavy atom. The van der Waals surface area contributed by atoms with E-state index in [1.165, 1.54) is 6.42 Å². The minimum atomic E-state index is -0.396. The lowest BCUT2D eigenvalue weighted by Gasteiger charge is -2.32. The molecular weight excluding hydrogens is 204 g/mol. The van der Waals surface area contributed by atoms with E-state index in [2.05, 4.69) is 10.2 Å². The fourth-order valence-electron chi connectivity index (χ4n) is 2.54. The molecule has 1 aromatic rings. The van der Waals surface area contributed by atoms with Crippen LogP contribution in [0, 0.1) is 0 Å². The first-order valence-electron chi connectivity index (χ1n) is 6.12. The summed E-state index contributed by atoms with van der Waals surface area (Å²) in [7, 11) is 0. The first-order chi connectivity index (χ1) is 7.67. The minimum Gasteiger partial charge on any atom is -0.319 e. The van der Waals surface area contributed by atoms with Crippen molar-refractivity contribution in [2.75, 3.05) is 0 Å². The average Bonchev–Trinajstić information content (AvgIpc) is 2.63. The van der Waals surface area contributed by atoms with Gasteiger partial charge in [0.2, 0.25) is 0 Å². The van der Waals surface area contributed by atoms with Crippen molar-refractivity contribution in [1.82, 2.24) is 14.8 Å². The summed E-state index contributed by atoms with van der Waals surface area (Å²) in [6.07, 6.45) is 6.28. The number of rotatable bonds is 3. The molecule has 0 unspecified atom stereocenters. The van der Waals surface area contributed by atoms with Crippen molar-refractivity contribution in [1.29, 1.82) is 0 Å². The number of nitrogens with two attached hydrogens (primary N) is 1. The molecule has 2 rings (SSSR count). The van der Waals surface area contributed by atoms with Crippen LogP contribution in [-0.2, 0) is 12.1 Å². The van der Waals surface area contributed by atoms with Gasteiger partial charge in [-0.15, -0.1) is 0 Å².